The summed E-state index contributed by atoms with van der Waals surface area (Å²) < 4.78 is 0. The number of benzene rings is 1. The molecule has 2 rings (SSSR count). The smallest absolute Gasteiger partial charge is 0.0473 e. The summed E-state index contributed by atoms with van der Waals surface area (Å²) in [5, 5.41) is 0. The van der Waals surface area contributed by atoms with Gasteiger partial charge in [-0.3, -0.25) is 4.90 Å². The summed E-state index contributed by atoms with van der Waals surface area (Å²) in [7, 11) is 0. The van der Waals surface area contributed by atoms with Gasteiger partial charge >= 0.3 is 0 Å². The largest absolute Gasteiger partial charge is 0.329 e. The van der Waals surface area contributed by atoms with Crippen LogP contribution in [0.2, 0.25) is 0 Å². The van der Waals surface area contributed by atoms with Gasteiger partial charge in [0.2, 0.25) is 0 Å². The summed E-state index contributed by atoms with van der Waals surface area (Å²) in [5.41, 5.74) is 8.90. The second kappa shape index (κ2) is 7.24. The first-order valence-corrected chi connectivity index (χ1v) is 8.19. The van der Waals surface area contributed by atoms with Gasteiger partial charge in [-0.15, -0.1) is 0 Å². The highest BCUT2D eigenvalue weighted by atomic mass is 15.2. The third-order valence-corrected chi connectivity index (χ3v) is 4.72. The lowest BCUT2D eigenvalue weighted by molar-refractivity contribution is 0.151. The lowest BCUT2D eigenvalue weighted by Crippen LogP contribution is -2.39. The molecule has 0 amide bonds. The Morgan fingerprint density at radius 1 is 1.10 bits per heavy atom. The van der Waals surface area contributed by atoms with Gasteiger partial charge in [0.15, 0.2) is 0 Å². The molecule has 2 nitrogen and oxygen atoms in total. The molecule has 0 bridgehead atoms. The lowest BCUT2D eigenvalue weighted by Gasteiger charge is -2.35. The van der Waals surface area contributed by atoms with Crippen molar-refractivity contribution in [2.45, 2.75) is 64.5 Å². The molecule has 1 aliphatic rings. The first kappa shape index (κ1) is 15.5. The van der Waals surface area contributed by atoms with Crippen molar-refractivity contribution in [3.8, 4) is 0 Å². The van der Waals surface area contributed by atoms with Crippen molar-refractivity contribution in [2.75, 3.05) is 13.1 Å². The van der Waals surface area contributed by atoms with Crippen LogP contribution < -0.4 is 5.73 Å². The Morgan fingerprint density at radius 2 is 1.75 bits per heavy atom. The highest BCUT2D eigenvalue weighted by Gasteiger charge is 2.25. The van der Waals surface area contributed by atoms with Crippen LogP contribution in [-0.4, -0.2) is 24.0 Å². The van der Waals surface area contributed by atoms with E-state index in [1.165, 1.54) is 43.4 Å². The maximum Gasteiger partial charge on any atom is 0.0473 e. The zero-order valence-corrected chi connectivity index (χ0v) is 13.3. The summed E-state index contributed by atoms with van der Waals surface area (Å²) in [5.74, 6) is 0.595. The third-order valence-electron chi connectivity index (χ3n) is 4.72. The van der Waals surface area contributed by atoms with Crippen LogP contribution in [0.25, 0.3) is 0 Å². The molecule has 0 radical (unpaired) electrons. The second-order valence-corrected chi connectivity index (χ2v) is 6.51. The Kier molecular flexibility index (Phi) is 5.62. The quantitative estimate of drug-likeness (QED) is 0.896. The van der Waals surface area contributed by atoms with Crippen LogP contribution in [0.4, 0.5) is 0 Å². The van der Waals surface area contributed by atoms with Crippen molar-refractivity contribution in [1.82, 2.24) is 4.90 Å². The van der Waals surface area contributed by atoms with E-state index in [1.807, 2.05) is 0 Å². The van der Waals surface area contributed by atoms with E-state index >= 15 is 0 Å². The van der Waals surface area contributed by atoms with Crippen LogP contribution >= 0.6 is 0 Å². The van der Waals surface area contributed by atoms with Crippen molar-refractivity contribution in [1.29, 1.82) is 0 Å². The SMILES string of the molecule is CC(C)c1ccc(C(CN)N2CCCCCC2C)cc1. The van der Waals surface area contributed by atoms with E-state index in [2.05, 4.69) is 49.9 Å². The Bertz CT molecular complexity index is 396. The normalized spacial score (nSPS) is 22.8. The maximum atomic E-state index is 6.11. The number of likely N-dealkylation sites (tertiary alicyclic amines) is 1. The van der Waals surface area contributed by atoms with E-state index in [1.54, 1.807) is 0 Å². The molecule has 1 aliphatic heterocycles. The van der Waals surface area contributed by atoms with E-state index < -0.39 is 0 Å². The molecule has 0 aromatic heterocycles. The zero-order valence-electron chi connectivity index (χ0n) is 13.3. The molecule has 2 atom stereocenters. The predicted molar refractivity (Wildman–Crippen MR) is 87.0 cm³/mol. The maximum absolute atomic E-state index is 6.11. The number of nitrogens with zero attached hydrogens (tertiary/aromatic N) is 1. The van der Waals surface area contributed by atoms with Crippen LogP contribution in [-0.2, 0) is 0 Å². The fourth-order valence-corrected chi connectivity index (χ4v) is 3.33. The van der Waals surface area contributed by atoms with E-state index in [4.69, 9.17) is 5.73 Å². The van der Waals surface area contributed by atoms with Crippen molar-refractivity contribution in [3.63, 3.8) is 0 Å². The third kappa shape index (κ3) is 3.62. The van der Waals surface area contributed by atoms with Gasteiger partial charge in [0.05, 0.1) is 0 Å². The van der Waals surface area contributed by atoms with Gasteiger partial charge < -0.3 is 5.73 Å². The predicted octanol–water partition coefficient (Wildman–Crippen LogP) is 4.07. The summed E-state index contributed by atoms with van der Waals surface area (Å²) in [4.78, 5) is 2.62. The Morgan fingerprint density at radius 3 is 2.35 bits per heavy atom. The van der Waals surface area contributed by atoms with Gasteiger partial charge in [0, 0.05) is 18.6 Å². The van der Waals surface area contributed by atoms with E-state index in [9.17, 15) is 0 Å². The molecule has 1 aromatic carbocycles. The molecule has 0 spiro atoms. The molecule has 2 unspecified atom stereocenters. The Labute approximate surface area is 124 Å². The van der Waals surface area contributed by atoms with E-state index in [0.29, 0.717) is 24.5 Å². The average molecular weight is 274 g/mol. The first-order valence-electron chi connectivity index (χ1n) is 8.19. The molecule has 2 N–H and O–H groups in total. The van der Waals surface area contributed by atoms with Crippen molar-refractivity contribution in [3.05, 3.63) is 35.4 Å². The molecule has 0 aliphatic carbocycles. The standard InChI is InChI=1S/C18H30N2/c1-14(2)16-8-10-17(11-9-16)18(13-19)20-12-6-4-5-7-15(20)3/h8-11,14-15,18H,4-7,12-13,19H2,1-3H3. The molecule has 20 heavy (non-hydrogen) atoms. The molecule has 1 saturated heterocycles. The van der Waals surface area contributed by atoms with Crippen LogP contribution in [0.15, 0.2) is 24.3 Å². The number of nitrogens with two attached hydrogens (primary N) is 1. The summed E-state index contributed by atoms with van der Waals surface area (Å²) in [6, 6.07) is 10.1. The second-order valence-electron chi connectivity index (χ2n) is 6.51. The average Bonchev–Trinajstić information content (AvgIpc) is 2.66. The van der Waals surface area contributed by atoms with Gasteiger partial charge in [0.25, 0.3) is 0 Å². The van der Waals surface area contributed by atoms with Gasteiger partial charge in [-0.05, 0) is 43.4 Å². The van der Waals surface area contributed by atoms with Crippen LogP contribution in [0.5, 0.6) is 0 Å². The fraction of sp³-hybridized carbons (Fsp3) is 0.667. The minimum atomic E-state index is 0.379. The fourth-order valence-electron chi connectivity index (χ4n) is 3.33. The number of rotatable bonds is 4. The van der Waals surface area contributed by atoms with Crippen molar-refractivity contribution < 1.29 is 0 Å². The van der Waals surface area contributed by atoms with Crippen molar-refractivity contribution in [2.24, 2.45) is 5.73 Å². The van der Waals surface area contributed by atoms with E-state index in [0.717, 1.165) is 0 Å². The molecule has 0 saturated carbocycles. The number of hydrogen-bond donors (Lipinski definition) is 1. The molecule has 1 aromatic rings. The zero-order chi connectivity index (χ0) is 14.5. The highest BCUT2D eigenvalue weighted by molar-refractivity contribution is 5.27. The van der Waals surface area contributed by atoms with Crippen LogP contribution in [0.1, 0.15) is 69.5 Å². The minimum absolute atomic E-state index is 0.379. The summed E-state index contributed by atoms with van der Waals surface area (Å²) in [6.45, 7) is 8.75. The molecule has 1 fully saturated rings. The van der Waals surface area contributed by atoms with Gasteiger partial charge in [-0.1, -0.05) is 51.0 Å². The molecule has 112 valence electrons. The van der Waals surface area contributed by atoms with Gasteiger partial charge in [-0.2, -0.15) is 0 Å². The van der Waals surface area contributed by atoms with Gasteiger partial charge in [0.1, 0.15) is 0 Å². The minimum Gasteiger partial charge on any atom is -0.329 e. The topological polar surface area (TPSA) is 29.3 Å². The summed E-state index contributed by atoms with van der Waals surface area (Å²) >= 11 is 0. The highest BCUT2D eigenvalue weighted by Crippen LogP contribution is 2.28. The molecular weight excluding hydrogens is 244 g/mol. The van der Waals surface area contributed by atoms with E-state index in [-0.39, 0.29) is 0 Å². The monoisotopic (exact) mass is 274 g/mol. The van der Waals surface area contributed by atoms with Crippen LogP contribution in [0.3, 0.4) is 0 Å². The molecule has 2 heteroatoms. The van der Waals surface area contributed by atoms with Crippen molar-refractivity contribution >= 4 is 0 Å². The molecule has 1 heterocycles. The lowest BCUT2D eigenvalue weighted by atomic mass is 9.97. The number of hydrogen-bond acceptors (Lipinski definition) is 2. The molecular formula is C18H30N2. The van der Waals surface area contributed by atoms with Gasteiger partial charge in [-0.25, -0.2) is 0 Å². The Balaban J connectivity index is 2.17. The van der Waals surface area contributed by atoms with Crippen LogP contribution in [0, 0.1) is 0 Å². The Hall–Kier alpha value is -0.860. The first-order chi connectivity index (χ1) is 9.63. The summed E-state index contributed by atoms with van der Waals surface area (Å²) in [6.07, 6.45) is 5.34.